The number of aryl methyl sites for hydroxylation is 3. The molecule has 1 atom stereocenters. The van der Waals surface area contributed by atoms with Crippen molar-refractivity contribution in [1.82, 2.24) is 0 Å². The predicted octanol–water partition coefficient (Wildman–Crippen LogP) is 4.20. The number of aliphatic hydroxyl groups is 1. The highest BCUT2D eigenvalue weighted by Gasteiger charge is 2.13. The third-order valence-electron chi connectivity index (χ3n) is 3.79. The Bertz CT molecular complexity index is 557. The van der Waals surface area contributed by atoms with Crippen LogP contribution in [0.15, 0.2) is 42.5 Å². The maximum Gasteiger partial charge on any atom is 0.104 e. The molecule has 1 nitrogen and oxygen atoms in total. The summed E-state index contributed by atoms with van der Waals surface area (Å²) in [5.41, 5.74) is 5.83. The van der Waals surface area contributed by atoms with Crippen LogP contribution in [0.25, 0.3) is 0 Å². The molecule has 2 aromatic rings. The summed E-state index contributed by atoms with van der Waals surface area (Å²) >= 11 is 0. The molecule has 0 heterocycles. The number of aliphatic hydroxyl groups excluding tert-OH is 1. The Morgan fingerprint density at radius 3 is 2.26 bits per heavy atom. The van der Waals surface area contributed by atoms with Crippen LogP contribution >= 0.6 is 0 Å². The maximum absolute atomic E-state index is 10.6. The van der Waals surface area contributed by atoms with Gasteiger partial charge in [-0.25, -0.2) is 0 Å². The Kier molecular flexibility index (Phi) is 4.39. The topological polar surface area (TPSA) is 20.2 Å². The molecule has 1 unspecified atom stereocenters. The van der Waals surface area contributed by atoms with Crippen molar-refractivity contribution in [2.45, 2.75) is 39.7 Å². The Labute approximate surface area is 115 Å². The van der Waals surface area contributed by atoms with Gasteiger partial charge in [-0.1, -0.05) is 56.3 Å². The number of hydrogen-bond acceptors (Lipinski definition) is 1. The molecule has 0 aromatic heterocycles. The minimum atomic E-state index is -0.530. The zero-order valence-electron chi connectivity index (χ0n) is 12.0. The summed E-state index contributed by atoms with van der Waals surface area (Å²) in [6.07, 6.45) is 1.53. The van der Waals surface area contributed by atoms with Gasteiger partial charge in [-0.3, -0.25) is 0 Å². The SMILES string of the molecule is CCc1ccc(C(O)c2ccccc2C)cc1CC. The molecule has 1 heteroatoms. The third-order valence-corrected chi connectivity index (χ3v) is 3.79. The van der Waals surface area contributed by atoms with Gasteiger partial charge in [0.05, 0.1) is 0 Å². The normalized spacial score (nSPS) is 12.4. The quantitative estimate of drug-likeness (QED) is 0.867. The van der Waals surface area contributed by atoms with Crippen LogP contribution in [-0.4, -0.2) is 5.11 Å². The first kappa shape index (κ1) is 13.8. The lowest BCUT2D eigenvalue weighted by atomic mass is 9.93. The Hall–Kier alpha value is -1.60. The first-order valence-corrected chi connectivity index (χ1v) is 7.02. The van der Waals surface area contributed by atoms with Gasteiger partial charge in [0, 0.05) is 0 Å². The molecule has 100 valence electrons. The van der Waals surface area contributed by atoms with Crippen LogP contribution in [0.3, 0.4) is 0 Å². The minimum absolute atomic E-state index is 0.530. The molecule has 19 heavy (non-hydrogen) atoms. The molecule has 0 radical (unpaired) electrons. The first-order chi connectivity index (χ1) is 9.17. The molecule has 0 amide bonds. The van der Waals surface area contributed by atoms with Crippen molar-refractivity contribution in [1.29, 1.82) is 0 Å². The van der Waals surface area contributed by atoms with Crippen LogP contribution in [0.1, 0.15) is 47.8 Å². The van der Waals surface area contributed by atoms with Crippen LogP contribution < -0.4 is 0 Å². The van der Waals surface area contributed by atoms with Gasteiger partial charge in [0.2, 0.25) is 0 Å². The highest BCUT2D eigenvalue weighted by Crippen LogP contribution is 2.26. The zero-order valence-corrected chi connectivity index (χ0v) is 12.0. The molecule has 2 rings (SSSR count). The highest BCUT2D eigenvalue weighted by molar-refractivity contribution is 5.39. The van der Waals surface area contributed by atoms with Gasteiger partial charge >= 0.3 is 0 Å². The van der Waals surface area contributed by atoms with Gasteiger partial charge in [0.25, 0.3) is 0 Å². The second-order valence-corrected chi connectivity index (χ2v) is 4.99. The van der Waals surface area contributed by atoms with Crippen molar-refractivity contribution >= 4 is 0 Å². The van der Waals surface area contributed by atoms with Crippen molar-refractivity contribution in [2.75, 3.05) is 0 Å². The van der Waals surface area contributed by atoms with Crippen LogP contribution in [0.5, 0.6) is 0 Å². The molecule has 0 spiro atoms. The molecule has 2 aromatic carbocycles. The van der Waals surface area contributed by atoms with Crippen molar-refractivity contribution in [3.05, 3.63) is 70.3 Å². The van der Waals surface area contributed by atoms with Gasteiger partial charge in [0.1, 0.15) is 6.10 Å². The number of benzene rings is 2. The van der Waals surface area contributed by atoms with Crippen molar-refractivity contribution in [3.63, 3.8) is 0 Å². The van der Waals surface area contributed by atoms with E-state index in [-0.39, 0.29) is 0 Å². The summed E-state index contributed by atoms with van der Waals surface area (Å²) in [6, 6.07) is 14.4. The van der Waals surface area contributed by atoms with E-state index < -0.39 is 6.10 Å². The summed E-state index contributed by atoms with van der Waals surface area (Å²) in [5.74, 6) is 0. The van der Waals surface area contributed by atoms with E-state index in [1.807, 2.05) is 31.2 Å². The minimum Gasteiger partial charge on any atom is -0.384 e. The van der Waals surface area contributed by atoms with Gasteiger partial charge < -0.3 is 5.11 Å². The molecule has 0 saturated carbocycles. The standard InChI is InChI=1S/C18H22O/c1-4-14-10-11-16(12-15(14)5-2)18(19)17-9-7-6-8-13(17)3/h6-12,18-19H,4-5H2,1-3H3. The smallest absolute Gasteiger partial charge is 0.104 e. The summed E-state index contributed by atoms with van der Waals surface area (Å²) in [4.78, 5) is 0. The van der Waals surface area contributed by atoms with Crippen LogP contribution in [-0.2, 0) is 12.8 Å². The van der Waals surface area contributed by atoms with Crippen LogP contribution in [0, 0.1) is 6.92 Å². The van der Waals surface area contributed by atoms with Crippen molar-refractivity contribution < 1.29 is 5.11 Å². The fraction of sp³-hybridized carbons (Fsp3) is 0.333. The van der Waals surface area contributed by atoms with E-state index in [4.69, 9.17) is 0 Å². The van der Waals surface area contributed by atoms with Gasteiger partial charge in [-0.2, -0.15) is 0 Å². The van der Waals surface area contributed by atoms with Crippen LogP contribution in [0.4, 0.5) is 0 Å². The molecule has 0 aliphatic heterocycles. The van der Waals surface area contributed by atoms with E-state index in [2.05, 4.69) is 32.0 Å². The van der Waals surface area contributed by atoms with Crippen LogP contribution in [0.2, 0.25) is 0 Å². The van der Waals surface area contributed by atoms with E-state index in [1.165, 1.54) is 11.1 Å². The van der Waals surface area contributed by atoms with E-state index in [0.717, 1.165) is 29.5 Å². The molecule has 0 aliphatic carbocycles. The molecular formula is C18H22O. The molecule has 0 bridgehead atoms. The lowest BCUT2D eigenvalue weighted by Crippen LogP contribution is -2.03. The Morgan fingerprint density at radius 1 is 0.947 bits per heavy atom. The second-order valence-electron chi connectivity index (χ2n) is 4.99. The monoisotopic (exact) mass is 254 g/mol. The number of rotatable bonds is 4. The second kappa shape index (κ2) is 6.03. The van der Waals surface area contributed by atoms with Gasteiger partial charge in [-0.05, 0) is 47.6 Å². The average Bonchev–Trinajstić information content (AvgIpc) is 2.46. The highest BCUT2D eigenvalue weighted by atomic mass is 16.3. The van der Waals surface area contributed by atoms with Crippen molar-refractivity contribution in [2.24, 2.45) is 0 Å². The molecule has 0 fully saturated rings. The fourth-order valence-electron chi connectivity index (χ4n) is 2.56. The van der Waals surface area contributed by atoms with E-state index in [9.17, 15) is 5.11 Å². The lowest BCUT2D eigenvalue weighted by molar-refractivity contribution is 0.219. The molecular weight excluding hydrogens is 232 g/mol. The Morgan fingerprint density at radius 2 is 1.63 bits per heavy atom. The van der Waals surface area contributed by atoms with Gasteiger partial charge in [0.15, 0.2) is 0 Å². The van der Waals surface area contributed by atoms with E-state index in [1.54, 1.807) is 0 Å². The fourth-order valence-corrected chi connectivity index (χ4v) is 2.56. The largest absolute Gasteiger partial charge is 0.384 e. The third kappa shape index (κ3) is 2.87. The van der Waals surface area contributed by atoms with E-state index in [0.29, 0.717) is 0 Å². The predicted molar refractivity (Wildman–Crippen MR) is 80.4 cm³/mol. The number of hydrogen-bond donors (Lipinski definition) is 1. The summed E-state index contributed by atoms with van der Waals surface area (Å²) < 4.78 is 0. The lowest BCUT2D eigenvalue weighted by Gasteiger charge is -2.16. The van der Waals surface area contributed by atoms with E-state index >= 15 is 0 Å². The first-order valence-electron chi connectivity index (χ1n) is 7.02. The van der Waals surface area contributed by atoms with Gasteiger partial charge in [-0.15, -0.1) is 0 Å². The molecule has 1 N–H and O–H groups in total. The maximum atomic E-state index is 10.6. The molecule has 0 aliphatic rings. The average molecular weight is 254 g/mol. The summed E-state index contributed by atoms with van der Waals surface area (Å²) in [7, 11) is 0. The van der Waals surface area contributed by atoms with Crippen molar-refractivity contribution in [3.8, 4) is 0 Å². The summed E-state index contributed by atoms with van der Waals surface area (Å²) in [5, 5.41) is 10.6. The Balaban J connectivity index is 2.39. The molecule has 0 saturated heterocycles. The zero-order chi connectivity index (χ0) is 13.8. The summed E-state index contributed by atoms with van der Waals surface area (Å²) in [6.45, 7) is 6.38.